The van der Waals surface area contributed by atoms with Crippen molar-refractivity contribution in [2.24, 2.45) is 18.9 Å². The van der Waals surface area contributed by atoms with E-state index in [0.29, 0.717) is 0 Å². The van der Waals surface area contributed by atoms with Gasteiger partial charge in [0, 0.05) is 18.2 Å². The monoisotopic (exact) mass is 249 g/mol. The fraction of sp³-hybridized carbons (Fsp3) is 0.250. The highest BCUT2D eigenvalue weighted by molar-refractivity contribution is 5.73. The molecule has 1 aromatic heterocycles. The van der Waals surface area contributed by atoms with Crippen LogP contribution in [-0.2, 0) is 7.05 Å². The topological polar surface area (TPSA) is 30.7 Å². The molecule has 0 amide bonds. The molecule has 2 unspecified atom stereocenters. The molecule has 1 saturated carbocycles. The van der Waals surface area contributed by atoms with Gasteiger partial charge in [-0.1, -0.05) is 48.6 Å². The van der Waals surface area contributed by atoms with Crippen LogP contribution in [0.3, 0.4) is 0 Å². The third-order valence-corrected chi connectivity index (χ3v) is 3.97. The van der Waals surface area contributed by atoms with Crippen molar-refractivity contribution >= 4 is 5.57 Å². The lowest BCUT2D eigenvalue weighted by Gasteiger charge is -2.07. The summed E-state index contributed by atoms with van der Waals surface area (Å²) in [4.78, 5) is 0. The van der Waals surface area contributed by atoms with Crippen LogP contribution in [0, 0.1) is 11.8 Å². The predicted octanol–water partition coefficient (Wildman–Crippen LogP) is 3.07. The first-order valence-corrected chi connectivity index (χ1v) is 6.68. The molecule has 0 aliphatic heterocycles. The maximum Gasteiger partial charge on any atom is 0.163 e. The zero-order chi connectivity index (χ0) is 12.8. The van der Waals surface area contributed by atoms with Gasteiger partial charge in [0.25, 0.3) is 0 Å². The highest BCUT2D eigenvalue weighted by Crippen LogP contribution is 2.45. The van der Waals surface area contributed by atoms with E-state index >= 15 is 0 Å². The van der Waals surface area contributed by atoms with Gasteiger partial charge in [0.15, 0.2) is 11.6 Å². The van der Waals surface area contributed by atoms with Gasteiger partial charge in [0.05, 0.1) is 0 Å². The van der Waals surface area contributed by atoms with Crippen LogP contribution in [0.15, 0.2) is 48.6 Å². The van der Waals surface area contributed by atoms with Gasteiger partial charge in [-0.15, -0.1) is 10.2 Å². The van der Waals surface area contributed by atoms with E-state index in [4.69, 9.17) is 0 Å². The number of benzene rings is 1. The molecule has 2 atom stereocenters. The first-order chi connectivity index (χ1) is 9.33. The summed E-state index contributed by atoms with van der Waals surface area (Å²) in [5.74, 6) is 3.39. The predicted molar refractivity (Wildman–Crippen MR) is 75.2 cm³/mol. The first-order valence-electron chi connectivity index (χ1n) is 6.68. The zero-order valence-corrected chi connectivity index (χ0v) is 10.8. The molecule has 19 heavy (non-hydrogen) atoms. The van der Waals surface area contributed by atoms with Gasteiger partial charge in [0.1, 0.15) is 0 Å². The summed E-state index contributed by atoms with van der Waals surface area (Å²) in [6.45, 7) is 0. The van der Waals surface area contributed by atoms with Crippen molar-refractivity contribution in [1.29, 1.82) is 0 Å². The Morgan fingerprint density at radius 3 is 2.63 bits per heavy atom. The van der Waals surface area contributed by atoms with Gasteiger partial charge in [-0.2, -0.15) is 0 Å². The highest BCUT2D eigenvalue weighted by Gasteiger charge is 2.35. The maximum atomic E-state index is 4.36. The second-order valence-electron chi connectivity index (χ2n) is 5.32. The lowest BCUT2D eigenvalue weighted by Crippen LogP contribution is -2.00. The Labute approximate surface area is 112 Å². The molecule has 0 bridgehead atoms. The highest BCUT2D eigenvalue weighted by atomic mass is 15.3. The summed E-state index contributed by atoms with van der Waals surface area (Å²) in [5.41, 5.74) is 2.31. The third-order valence-electron chi connectivity index (χ3n) is 3.97. The van der Waals surface area contributed by atoms with E-state index < -0.39 is 0 Å². The van der Waals surface area contributed by atoms with E-state index in [0.717, 1.165) is 29.0 Å². The fourth-order valence-electron chi connectivity index (χ4n) is 2.73. The van der Waals surface area contributed by atoms with Crippen molar-refractivity contribution in [3.8, 4) is 11.4 Å². The summed E-state index contributed by atoms with van der Waals surface area (Å²) in [6, 6.07) is 10.2. The molecule has 3 heteroatoms. The molecular weight excluding hydrogens is 234 g/mol. The van der Waals surface area contributed by atoms with Gasteiger partial charge < -0.3 is 4.57 Å². The number of fused-ring (bicyclic) bond motifs is 1. The van der Waals surface area contributed by atoms with Gasteiger partial charge in [-0.25, -0.2) is 0 Å². The minimum Gasteiger partial charge on any atom is -0.310 e. The van der Waals surface area contributed by atoms with Gasteiger partial charge in [-0.05, 0) is 18.3 Å². The van der Waals surface area contributed by atoms with Crippen LogP contribution in [-0.4, -0.2) is 14.8 Å². The Morgan fingerprint density at radius 1 is 1.05 bits per heavy atom. The Hall–Kier alpha value is -2.16. The Kier molecular flexibility index (Phi) is 2.21. The molecule has 94 valence electrons. The summed E-state index contributed by atoms with van der Waals surface area (Å²) in [5, 5.41) is 8.70. The third kappa shape index (κ3) is 1.73. The minimum absolute atomic E-state index is 0.733. The largest absolute Gasteiger partial charge is 0.310 e. The lowest BCUT2D eigenvalue weighted by molar-refractivity contribution is 0.891. The first kappa shape index (κ1) is 10.7. The second kappa shape index (κ2) is 3.92. The number of aromatic nitrogens is 3. The standard InChI is InChI=1S/C16H15N3/c1-19-15(11-5-3-2-4-6-11)17-18-16(19)13-8-7-12-9-14(12)10-13/h2-8,10,12,14H,9H2,1H3. The molecule has 1 fully saturated rings. The Bertz CT molecular complexity index is 679. The van der Waals surface area contributed by atoms with Crippen molar-refractivity contribution in [2.75, 3.05) is 0 Å². The molecule has 0 radical (unpaired) electrons. The van der Waals surface area contributed by atoms with Crippen LogP contribution in [0.4, 0.5) is 0 Å². The molecule has 2 aliphatic carbocycles. The molecule has 3 nitrogen and oxygen atoms in total. The van der Waals surface area contributed by atoms with Crippen molar-refractivity contribution in [3.63, 3.8) is 0 Å². The average Bonchev–Trinajstić information content (AvgIpc) is 3.13. The smallest absolute Gasteiger partial charge is 0.163 e. The van der Waals surface area contributed by atoms with Gasteiger partial charge in [-0.3, -0.25) is 0 Å². The summed E-state index contributed by atoms with van der Waals surface area (Å²) >= 11 is 0. The summed E-state index contributed by atoms with van der Waals surface area (Å²) in [7, 11) is 2.03. The quantitative estimate of drug-likeness (QED) is 0.819. The molecule has 2 aromatic rings. The number of allylic oxidation sites excluding steroid dienone is 4. The van der Waals surface area contributed by atoms with Gasteiger partial charge in [0.2, 0.25) is 0 Å². The fourth-order valence-corrected chi connectivity index (χ4v) is 2.73. The van der Waals surface area contributed by atoms with E-state index in [9.17, 15) is 0 Å². The SMILES string of the molecule is Cn1c(C2=CC3CC3C=C2)nnc1-c1ccccc1. The number of nitrogens with zero attached hydrogens (tertiary/aromatic N) is 3. The second-order valence-corrected chi connectivity index (χ2v) is 5.32. The summed E-state index contributed by atoms with van der Waals surface area (Å²) < 4.78 is 2.08. The van der Waals surface area contributed by atoms with Crippen LogP contribution in [0.25, 0.3) is 17.0 Å². The summed E-state index contributed by atoms with van der Waals surface area (Å²) in [6.07, 6.45) is 8.12. The van der Waals surface area contributed by atoms with Crippen molar-refractivity contribution in [1.82, 2.24) is 14.8 Å². The van der Waals surface area contributed by atoms with Crippen LogP contribution < -0.4 is 0 Å². The van der Waals surface area contributed by atoms with Crippen molar-refractivity contribution in [3.05, 3.63) is 54.4 Å². The zero-order valence-electron chi connectivity index (χ0n) is 10.8. The normalized spacial score (nSPS) is 23.9. The maximum absolute atomic E-state index is 4.36. The van der Waals surface area contributed by atoms with Gasteiger partial charge >= 0.3 is 0 Å². The number of hydrogen-bond donors (Lipinski definition) is 0. The Balaban J connectivity index is 1.76. The molecule has 1 heterocycles. The molecule has 0 N–H and O–H groups in total. The van der Waals surface area contributed by atoms with Crippen LogP contribution >= 0.6 is 0 Å². The van der Waals surface area contributed by atoms with E-state index in [1.165, 1.54) is 12.0 Å². The molecule has 0 saturated heterocycles. The number of rotatable bonds is 2. The number of hydrogen-bond acceptors (Lipinski definition) is 2. The van der Waals surface area contributed by atoms with E-state index in [2.05, 4.69) is 45.1 Å². The molecule has 2 aliphatic rings. The van der Waals surface area contributed by atoms with Crippen LogP contribution in [0.1, 0.15) is 12.2 Å². The molecule has 1 aromatic carbocycles. The molecular formula is C16H15N3. The average molecular weight is 249 g/mol. The van der Waals surface area contributed by atoms with E-state index in [1.807, 2.05) is 25.2 Å². The van der Waals surface area contributed by atoms with E-state index in [-0.39, 0.29) is 0 Å². The lowest BCUT2D eigenvalue weighted by atomic mass is 10.1. The molecule has 4 rings (SSSR count). The molecule has 0 spiro atoms. The van der Waals surface area contributed by atoms with Crippen LogP contribution in [0.5, 0.6) is 0 Å². The minimum atomic E-state index is 0.733. The van der Waals surface area contributed by atoms with Crippen LogP contribution in [0.2, 0.25) is 0 Å². The Morgan fingerprint density at radius 2 is 1.84 bits per heavy atom. The van der Waals surface area contributed by atoms with Crippen molar-refractivity contribution in [2.45, 2.75) is 6.42 Å². The van der Waals surface area contributed by atoms with E-state index in [1.54, 1.807) is 0 Å². The van der Waals surface area contributed by atoms with Crippen molar-refractivity contribution < 1.29 is 0 Å².